The average Bonchev–Trinajstić information content (AvgIpc) is 2.20. The lowest BCUT2D eigenvalue weighted by Crippen LogP contribution is -2.22. The summed E-state index contributed by atoms with van der Waals surface area (Å²) in [4.78, 5) is 10.4. The van der Waals surface area contributed by atoms with Crippen LogP contribution in [0, 0.1) is 0 Å². The molecule has 0 spiro atoms. The Labute approximate surface area is 91.9 Å². The van der Waals surface area contributed by atoms with Crippen LogP contribution in [0.3, 0.4) is 0 Å². The molecule has 0 atom stereocenters. The smallest absolute Gasteiger partial charge is 0.379 e. The highest BCUT2D eigenvalue weighted by atomic mass is 19.4. The maximum absolute atomic E-state index is 11.7. The van der Waals surface area contributed by atoms with Crippen molar-refractivity contribution in [3.8, 4) is 0 Å². The molecule has 2 N–H and O–H groups in total. The van der Waals surface area contributed by atoms with Crippen LogP contribution >= 0.6 is 0 Å². The number of hydrogen-bond acceptors (Lipinski definition) is 4. The van der Waals surface area contributed by atoms with E-state index in [0.29, 0.717) is 26.4 Å². The SMILES string of the molecule is NCCOCCOCCCC(=O)C(F)(F)F. The van der Waals surface area contributed by atoms with E-state index in [0.717, 1.165) is 0 Å². The van der Waals surface area contributed by atoms with Crippen molar-refractivity contribution >= 4 is 5.78 Å². The van der Waals surface area contributed by atoms with Crippen molar-refractivity contribution in [2.45, 2.75) is 19.0 Å². The van der Waals surface area contributed by atoms with Gasteiger partial charge < -0.3 is 15.2 Å². The molecule has 96 valence electrons. The normalized spacial score (nSPS) is 11.8. The van der Waals surface area contributed by atoms with Crippen molar-refractivity contribution in [2.24, 2.45) is 5.73 Å². The summed E-state index contributed by atoms with van der Waals surface area (Å²) >= 11 is 0. The number of alkyl halides is 3. The van der Waals surface area contributed by atoms with Crippen LogP contribution in [0.2, 0.25) is 0 Å². The minimum atomic E-state index is -4.73. The third-order valence-corrected chi connectivity index (χ3v) is 1.64. The molecule has 0 aliphatic heterocycles. The third-order valence-electron chi connectivity index (χ3n) is 1.64. The Morgan fingerprint density at radius 3 is 2.12 bits per heavy atom. The number of ketones is 1. The minimum Gasteiger partial charge on any atom is -0.379 e. The number of carbonyl (C=O) groups is 1. The Hall–Kier alpha value is -0.660. The van der Waals surface area contributed by atoms with Crippen LogP contribution in [0.25, 0.3) is 0 Å². The Morgan fingerprint density at radius 2 is 1.62 bits per heavy atom. The van der Waals surface area contributed by atoms with E-state index in [9.17, 15) is 18.0 Å². The second kappa shape index (κ2) is 8.49. The van der Waals surface area contributed by atoms with Gasteiger partial charge in [0.25, 0.3) is 0 Å². The van der Waals surface area contributed by atoms with Crippen molar-refractivity contribution in [1.82, 2.24) is 0 Å². The van der Waals surface area contributed by atoms with Crippen molar-refractivity contribution in [3.05, 3.63) is 0 Å². The number of hydrogen-bond donors (Lipinski definition) is 1. The molecule has 0 aliphatic rings. The van der Waals surface area contributed by atoms with Gasteiger partial charge in [-0.15, -0.1) is 0 Å². The number of ether oxygens (including phenoxy) is 2. The summed E-state index contributed by atoms with van der Waals surface area (Å²) in [5.74, 6) is -1.71. The van der Waals surface area contributed by atoms with E-state index in [-0.39, 0.29) is 13.0 Å². The van der Waals surface area contributed by atoms with E-state index >= 15 is 0 Å². The fourth-order valence-corrected chi connectivity index (χ4v) is 0.882. The maximum atomic E-state index is 11.7. The highest BCUT2D eigenvalue weighted by Crippen LogP contribution is 2.18. The van der Waals surface area contributed by atoms with Gasteiger partial charge in [-0.3, -0.25) is 4.79 Å². The summed E-state index contributed by atoms with van der Waals surface area (Å²) in [7, 11) is 0. The van der Waals surface area contributed by atoms with E-state index in [1.54, 1.807) is 0 Å². The van der Waals surface area contributed by atoms with Crippen LogP contribution in [0.15, 0.2) is 0 Å². The zero-order valence-corrected chi connectivity index (χ0v) is 8.89. The number of Topliss-reactive ketones (excluding diaryl/α,β-unsaturated/α-hetero) is 1. The van der Waals surface area contributed by atoms with Crippen LogP contribution in [0.4, 0.5) is 13.2 Å². The molecule has 0 saturated heterocycles. The summed E-state index contributed by atoms with van der Waals surface area (Å²) in [6.07, 6.45) is -5.20. The molecule has 4 nitrogen and oxygen atoms in total. The first kappa shape index (κ1) is 15.3. The largest absolute Gasteiger partial charge is 0.449 e. The van der Waals surface area contributed by atoms with E-state index in [1.165, 1.54) is 0 Å². The first-order chi connectivity index (χ1) is 7.48. The molecule has 7 heteroatoms. The molecule has 0 aromatic heterocycles. The highest BCUT2D eigenvalue weighted by Gasteiger charge is 2.37. The van der Waals surface area contributed by atoms with Crippen LogP contribution in [0.5, 0.6) is 0 Å². The van der Waals surface area contributed by atoms with Crippen LogP contribution in [-0.4, -0.2) is 44.9 Å². The topological polar surface area (TPSA) is 61.6 Å². The van der Waals surface area contributed by atoms with Crippen LogP contribution < -0.4 is 5.73 Å². The molecule has 0 rings (SSSR count). The lowest BCUT2D eigenvalue weighted by molar-refractivity contribution is -0.171. The molecule has 0 aliphatic carbocycles. The Bertz CT molecular complexity index is 197. The molecule has 0 aromatic carbocycles. The number of halogens is 3. The van der Waals surface area contributed by atoms with E-state index < -0.39 is 18.4 Å². The van der Waals surface area contributed by atoms with Crippen molar-refractivity contribution in [3.63, 3.8) is 0 Å². The molecular formula is C9H16F3NO3. The monoisotopic (exact) mass is 243 g/mol. The molecule has 0 aromatic rings. The van der Waals surface area contributed by atoms with Gasteiger partial charge in [-0.25, -0.2) is 0 Å². The van der Waals surface area contributed by atoms with E-state index in [4.69, 9.17) is 15.2 Å². The fraction of sp³-hybridized carbons (Fsp3) is 0.889. The molecular weight excluding hydrogens is 227 g/mol. The minimum absolute atomic E-state index is 0.0647. The molecule has 0 bridgehead atoms. The average molecular weight is 243 g/mol. The van der Waals surface area contributed by atoms with Crippen LogP contribution in [-0.2, 0) is 14.3 Å². The van der Waals surface area contributed by atoms with Gasteiger partial charge >= 0.3 is 6.18 Å². The molecule has 0 saturated carbocycles. The van der Waals surface area contributed by atoms with Gasteiger partial charge in [0.2, 0.25) is 5.78 Å². The summed E-state index contributed by atoms with van der Waals surface area (Å²) < 4.78 is 45.2. The molecule has 0 fully saturated rings. The van der Waals surface area contributed by atoms with Gasteiger partial charge in [0.1, 0.15) is 0 Å². The molecule has 0 amide bonds. The zero-order valence-electron chi connectivity index (χ0n) is 8.89. The van der Waals surface area contributed by atoms with Gasteiger partial charge in [0, 0.05) is 19.6 Å². The first-order valence-electron chi connectivity index (χ1n) is 4.94. The highest BCUT2D eigenvalue weighted by molar-refractivity contribution is 5.83. The van der Waals surface area contributed by atoms with Crippen molar-refractivity contribution in [2.75, 3.05) is 33.0 Å². The second-order valence-corrected chi connectivity index (χ2v) is 3.04. The summed E-state index contributed by atoms with van der Waals surface area (Å²) in [6, 6.07) is 0. The number of nitrogens with two attached hydrogens (primary N) is 1. The lowest BCUT2D eigenvalue weighted by atomic mass is 10.2. The third kappa shape index (κ3) is 8.63. The van der Waals surface area contributed by atoms with Gasteiger partial charge in [0.05, 0.1) is 19.8 Å². The second-order valence-electron chi connectivity index (χ2n) is 3.04. The Morgan fingerprint density at radius 1 is 1.06 bits per heavy atom. The summed E-state index contributed by atoms with van der Waals surface area (Å²) in [5, 5.41) is 0. The fourth-order valence-electron chi connectivity index (χ4n) is 0.882. The van der Waals surface area contributed by atoms with Crippen molar-refractivity contribution in [1.29, 1.82) is 0 Å². The summed E-state index contributed by atoms with van der Waals surface area (Å²) in [6.45, 7) is 1.61. The molecule has 0 radical (unpaired) electrons. The van der Waals surface area contributed by atoms with Gasteiger partial charge in [-0.1, -0.05) is 0 Å². The van der Waals surface area contributed by atoms with Gasteiger partial charge in [-0.05, 0) is 6.42 Å². The summed E-state index contributed by atoms with van der Waals surface area (Å²) in [5.41, 5.74) is 5.16. The predicted molar refractivity (Wildman–Crippen MR) is 51.0 cm³/mol. The lowest BCUT2D eigenvalue weighted by Gasteiger charge is -2.06. The maximum Gasteiger partial charge on any atom is 0.449 e. The predicted octanol–water partition coefficient (Wildman–Crippen LogP) is 0.890. The van der Waals surface area contributed by atoms with E-state index in [2.05, 4.69) is 0 Å². The zero-order chi connectivity index (χ0) is 12.4. The Kier molecular flexibility index (Phi) is 8.14. The van der Waals surface area contributed by atoms with Gasteiger partial charge in [-0.2, -0.15) is 13.2 Å². The number of carbonyl (C=O) groups excluding carboxylic acids is 1. The van der Waals surface area contributed by atoms with Crippen molar-refractivity contribution < 1.29 is 27.4 Å². The van der Waals surface area contributed by atoms with Gasteiger partial charge in [0.15, 0.2) is 0 Å². The first-order valence-corrected chi connectivity index (χ1v) is 4.94. The quantitative estimate of drug-likeness (QED) is 0.611. The number of rotatable bonds is 9. The van der Waals surface area contributed by atoms with E-state index in [1.807, 2.05) is 0 Å². The Balaban J connectivity index is 3.25. The molecule has 0 unspecified atom stereocenters. The van der Waals surface area contributed by atoms with Crippen LogP contribution in [0.1, 0.15) is 12.8 Å². The standard InChI is InChI=1S/C9H16F3NO3/c10-9(11,12)8(14)2-1-4-15-6-7-16-5-3-13/h1-7,13H2. The molecule has 16 heavy (non-hydrogen) atoms. The molecule has 0 heterocycles.